The Kier molecular flexibility index (Phi) is 8.06. The number of nitrogens with zero attached hydrogens (tertiary/aromatic N) is 1. The van der Waals surface area contributed by atoms with Gasteiger partial charge in [0, 0.05) is 18.9 Å². The molecule has 0 spiro atoms. The first-order valence-corrected chi connectivity index (χ1v) is 15.2. The van der Waals surface area contributed by atoms with Crippen LogP contribution < -0.4 is 15.4 Å². The Morgan fingerprint density at radius 3 is 2.54 bits per heavy atom. The lowest BCUT2D eigenvalue weighted by Crippen LogP contribution is -2.59. The van der Waals surface area contributed by atoms with E-state index in [9.17, 15) is 37.8 Å². The predicted molar refractivity (Wildman–Crippen MR) is 141 cm³/mol. The van der Waals surface area contributed by atoms with E-state index in [4.69, 9.17) is 0 Å². The van der Waals surface area contributed by atoms with Crippen LogP contribution >= 0.6 is 0 Å². The van der Waals surface area contributed by atoms with E-state index in [0.717, 1.165) is 6.42 Å². The number of carboxylic acid groups (broad SMARTS) is 1. The SMILES string of the molecule is CC[C@@H]1CC(C)CC/C=C\[C@@H]2C[C@@]2(C(=O)NS(=O)(=O)C2(C)CC2)NC(=O)[C@@H]2C[C@@H](O)CN2C(=O)[C@H]1NC(=O)O. The van der Waals surface area contributed by atoms with Gasteiger partial charge < -0.3 is 25.7 Å². The van der Waals surface area contributed by atoms with Gasteiger partial charge in [0.25, 0.3) is 5.91 Å². The second-order valence-electron chi connectivity index (χ2n) is 12.0. The standard InChI is InChI=1S/C26H40N4O8S/c1-4-16-11-15(2)7-5-6-8-17-13-26(17,23(34)29-39(37,38)25(3)9-10-25)28-21(32)19-12-18(31)14-30(19)22(33)20(16)27-24(35)36/h6,8,15-20,27,31H,4-5,7,9-14H2,1-3H3,(H,28,32)(H,29,34)(H,35,36)/b8-6-/t15?,16-,17-,18-,19+,20+,26-/m1/s1. The van der Waals surface area contributed by atoms with Gasteiger partial charge in [-0.1, -0.05) is 32.4 Å². The average Bonchev–Trinajstić information content (AvgIpc) is 3.73. The molecular weight excluding hydrogens is 528 g/mol. The maximum atomic E-state index is 13.7. The third-order valence-corrected chi connectivity index (χ3v) is 11.1. The number of amides is 4. The van der Waals surface area contributed by atoms with Gasteiger partial charge >= 0.3 is 6.09 Å². The predicted octanol–water partition coefficient (Wildman–Crippen LogP) is 0.860. The van der Waals surface area contributed by atoms with Crippen LogP contribution in [0, 0.1) is 17.8 Å². The van der Waals surface area contributed by atoms with Gasteiger partial charge in [-0.2, -0.15) is 0 Å². The van der Waals surface area contributed by atoms with E-state index in [0.29, 0.717) is 32.1 Å². The number of aliphatic hydroxyl groups excluding tert-OH is 1. The molecule has 0 radical (unpaired) electrons. The highest BCUT2D eigenvalue weighted by Crippen LogP contribution is 2.47. The molecule has 13 heteroatoms. The van der Waals surface area contributed by atoms with Crippen LogP contribution in [-0.2, 0) is 24.4 Å². The van der Waals surface area contributed by atoms with Crippen molar-refractivity contribution < 1.29 is 37.8 Å². The molecule has 2 aliphatic carbocycles. The van der Waals surface area contributed by atoms with Crippen molar-refractivity contribution in [3.05, 3.63) is 12.2 Å². The number of hydrogen-bond acceptors (Lipinski definition) is 7. The molecule has 0 bridgehead atoms. The molecule has 2 saturated carbocycles. The van der Waals surface area contributed by atoms with E-state index in [1.165, 1.54) is 4.90 Å². The molecule has 4 amide bonds. The summed E-state index contributed by atoms with van der Waals surface area (Å²) in [6.45, 7) is 5.32. The minimum absolute atomic E-state index is 0.0842. The molecular formula is C26H40N4O8S. The summed E-state index contributed by atoms with van der Waals surface area (Å²) in [5.74, 6) is -2.69. The third kappa shape index (κ3) is 5.93. The first-order valence-electron chi connectivity index (χ1n) is 13.8. The van der Waals surface area contributed by atoms with Crippen LogP contribution in [-0.4, -0.2) is 82.4 Å². The zero-order valence-electron chi connectivity index (χ0n) is 22.7. The number of hydrogen-bond donors (Lipinski definition) is 5. The van der Waals surface area contributed by atoms with Crippen LogP contribution in [0.5, 0.6) is 0 Å². The zero-order chi connectivity index (χ0) is 28.8. The lowest BCUT2D eigenvalue weighted by molar-refractivity contribution is -0.142. The number of allylic oxidation sites excluding steroid dienone is 1. The van der Waals surface area contributed by atoms with Gasteiger partial charge in [-0.3, -0.25) is 19.1 Å². The molecule has 4 rings (SSSR count). The number of fused-ring (bicyclic) bond motifs is 2. The molecule has 4 aliphatic rings. The molecule has 1 unspecified atom stereocenters. The number of carbonyl (C=O) groups is 4. The van der Waals surface area contributed by atoms with Gasteiger partial charge in [0.1, 0.15) is 17.6 Å². The minimum atomic E-state index is -3.94. The highest BCUT2D eigenvalue weighted by Gasteiger charge is 2.63. The van der Waals surface area contributed by atoms with Crippen LogP contribution in [0.3, 0.4) is 0 Å². The maximum absolute atomic E-state index is 13.7. The highest BCUT2D eigenvalue weighted by atomic mass is 32.2. The summed E-state index contributed by atoms with van der Waals surface area (Å²) in [6, 6.07) is -2.25. The lowest BCUT2D eigenvalue weighted by Gasteiger charge is -2.33. The molecule has 1 saturated heterocycles. The van der Waals surface area contributed by atoms with Gasteiger partial charge in [-0.25, -0.2) is 13.2 Å². The van der Waals surface area contributed by atoms with Crippen molar-refractivity contribution in [2.75, 3.05) is 6.54 Å². The molecule has 5 N–H and O–H groups in total. The quantitative estimate of drug-likeness (QED) is 0.303. The Balaban J connectivity index is 1.65. The van der Waals surface area contributed by atoms with Crippen molar-refractivity contribution >= 4 is 33.8 Å². The van der Waals surface area contributed by atoms with Gasteiger partial charge in [-0.05, 0) is 57.3 Å². The largest absolute Gasteiger partial charge is 0.465 e. The van der Waals surface area contributed by atoms with Crippen molar-refractivity contribution in [2.45, 2.75) is 101 Å². The van der Waals surface area contributed by atoms with E-state index in [-0.39, 0.29) is 31.2 Å². The monoisotopic (exact) mass is 568 g/mol. The number of carbonyl (C=O) groups excluding carboxylic acids is 3. The van der Waals surface area contributed by atoms with E-state index >= 15 is 0 Å². The van der Waals surface area contributed by atoms with Crippen LogP contribution in [0.4, 0.5) is 4.79 Å². The summed E-state index contributed by atoms with van der Waals surface area (Å²) in [7, 11) is -3.94. The Morgan fingerprint density at radius 1 is 1.23 bits per heavy atom. The Labute approximate surface area is 229 Å². The van der Waals surface area contributed by atoms with Gasteiger partial charge in [-0.15, -0.1) is 0 Å². The fraction of sp³-hybridized carbons (Fsp3) is 0.769. The second-order valence-corrected chi connectivity index (χ2v) is 14.2. The van der Waals surface area contributed by atoms with Crippen LogP contribution in [0.1, 0.15) is 72.1 Å². The molecule has 3 fully saturated rings. The highest BCUT2D eigenvalue weighted by molar-refractivity contribution is 7.91. The van der Waals surface area contributed by atoms with Crippen molar-refractivity contribution in [3.8, 4) is 0 Å². The number of aliphatic hydroxyl groups is 1. The first-order chi connectivity index (χ1) is 18.2. The molecule has 7 atom stereocenters. The molecule has 12 nitrogen and oxygen atoms in total. The molecule has 0 aromatic heterocycles. The van der Waals surface area contributed by atoms with Crippen LogP contribution in [0.25, 0.3) is 0 Å². The minimum Gasteiger partial charge on any atom is -0.465 e. The number of nitrogens with one attached hydrogen (secondary N) is 3. The first kappa shape index (κ1) is 29.3. The second kappa shape index (κ2) is 10.7. The zero-order valence-corrected chi connectivity index (χ0v) is 23.5. The van der Waals surface area contributed by atoms with E-state index in [1.807, 2.05) is 26.0 Å². The fourth-order valence-corrected chi connectivity index (χ4v) is 7.19. The van der Waals surface area contributed by atoms with Gasteiger partial charge in [0.15, 0.2) is 0 Å². The summed E-state index contributed by atoms with van der Waals surface area (Å²) >= 11 is 0. The Hall–Kier alpha value is -2.67. The van der Waals surface area contributed by atoms with Crippen molar-refractivity contribution in [1.29, 1.82) is 0 Å². The summed E-state index contributed by atoms with van der Waals surface area (Å²) in [5, 5.41) is 25.0. The van der Waals surface area contributed by atoms with Gasteiger partial charge in [0.05, 0.1) is 10.9 Å². The molecule has 2 aliphatic heterocycles. The van der Waals surface area contributed by atoms with Crippen molar-refractivity contribution in [1.82, 2.24) is 20.3 Å². The Morgan fingerprint density at radius 2 is 1.92 bits per heavy atom. The van der Waals surface area contributed by atoms with Crippen LogP contribution in [0.15, 0.2) is 12.2 Å². The fourth-order valence-electron chi connectivity index (χ4n) is 5.88. The Bertz CT molecular complexity index is 1150. The van der Waals surface area contributed by atoms with Crippen molar-refractivity contribution in [2.24, 2.45) is 17.8 Å². The summed E-state index contributed by atoms with van der Waals surface area (Å²) < 4.78 is 26.8. The molecule has 39 heavy (non-hydrogen) atoms. The van der Waals surface area contributed by atoms with E-state index in [1.54, 1.807) is 6.92 Å². The normalized spacial score (nSPS) is 37.3. The molecule has 0 aromatic rings. The lowest BCUT2D eigenvalue weighted by atomic mass is 9.85. The summed E-state index contributed by atoms with van der Waals surface area (Å²) in [5.41, 5.74) is -1.50. The molecule has 0 aromatic carbocycles. The third-order valence-electron chi connectivity index (χ3n) is 8.90. The van der Waals surface area contributed by atoms with Crippen LogP contribution in [0.2, 0.25) is 0 Å². The number of rotatable bonds is 5. The maximum Gasteiger partial charge on any atom is 0.405 e. The number of sulfonamides is 1. The van der Waals surface area contributed by atoms with E-state index < -0.39 is 68.2 Å². The van der Waals surface area contributed by atoms with Crippen molar-refractivity contribution in [3.63, 3.8) is 0 Å². The molecule has 2 heterocycles. The summed E-state index contributed by atoms with van der Waals surface area (Å²) in [4.78, 5) is 53.5. The van der Waals surface area contributed by atoms with E-state index in [2.05, 4.69) is 15.4 Å². The molecule has 218 valence electrons. The smallest absolute Gasteiger partial charge is 0.405 e. The summed E-state index contributed by atoms with van der Waals surface area (Å²) in [6.07, 6.45) is 4.93. The topological polar surface area (TPSA) is 182 Å². The van der Waals surface area contributed by atoms with Gasteiger partial charge in [0.2, 0.25) is 21.8 Å². The average molecular weight is 569 g/mol.